The molecule has 4 aromatic rings. The predicted octanol–water partition coefficient (Wildman–Crippen LogP) is 3.46. The smallest absolute Gasteiger partial charge is 0.260 e. The first-order chi connectivity index (χ1) is 14.1. The Labute approximate surface area is 169 Å². The van der Waals surface area contributed by atoms with E-state index in [-0.39, 0.29) is 21.9 Å². The van der Waals surface area contributed by atoms with Gasteiger partial charge in [0.1, 0.15) is 11.4 Å². The molecular formula is C21H17FN4O2S. The molecule has 2 aromatic heterocycles. The highest BCUT2D eigenvalue weighted by atomic mass is 32.1. The van der Waals surface area contributed by atoms with Crippen molar-refractivity contribution in [3.63, 3.8) is 0 Å². The van der Waals surface area contributed by atoms with Crippen LogP contribution >= 0.6 is 12.2 Å². The van der Waals surface area contributed by atoms with Gasteiger partial charge in [0.2, 0.25) is 5.88 Å². The third-order valence-corrected chi connectivity index (χ3v) is 5.65. The van der Waals surface area contributed by atoms with Crippen LogP contribution in [-0.2, 0) is 6.42 Å². The highest BCUT2D eigenvalue weighted by Gasteiger charge is 2.31. The lowest BCUT2D eigenvalue weighted by Gasteiger charge is -2.25. The monoisotopic (exact) mass is 408 g/mol. The lowest BCUT2D eigenvalue weighted by Crippen LogP contribution is -2.35. The lowest BCUT2D eigenvalue weighted by atomic mass is 9.95. The molecule has 0 fully saturated rings. The van der Waals surface area contributed by atoms with Gasteiger partial charge in [0.25, 0.3) is 5.56 Å². The van der Waals surface area contributed by atoms with E-state index in [1.54, 1.807) is 12.1 Å². The predicted molar refractivity (Wildman–Crippen MR) is 111 cm³/mol. The second-order valence-corrected chi connectivity index (χ2v) is 7.37. The Kier molecular flexibility index (Phi) is 4.11. The van der Waals surface area contributed by atoms with Crippen molar-refractivity contribution in [1.82, 2.24) is 19.9 Å². The van der Waals surface area contributed by atoms with E-state index in [0.717, 1.165) is 33.1 Å². The summed E-state index contributed by atoms with van der Waals surface area (Å²) in [5.41, 5.74) is 2.53. The summed E-state index contributed by atoms with van der Waals surface area (Å²) >= 11 is 5.21. The van der Waals surface area contributed by atoms with Gasteiger partial charge in [0.15, 0.2) is 4.77 Å². The van der Waals surface area contributed by atoms with E-state index in [2.05, 4.69) is 15.3 Å². The van der Waals surface area contributed by atoms with E-state index in [1.165, 1.54) is 12.1 Å². The molecule has 3 heterocycles. The number of aromatic amines is 2. The first-order valence-electron chi connectivity index (χ1n) is 9.22. The molecule has 1 aliphatic heterocycles. The number of hydrogen-bond acceptors (Lipinski definition) is 4. The summed E-state index contributed by atoms with van der Waals surface area (Å²) in [6.07, 6.45) is 0.793. The summed E-state index contributed by atoms with van der Waals surface area (Å²) in [5.74, 6) is -0.937. The number of aromatic nitrogens is 3. The molecule has 0 amide bonds. The molecule has 0 saturated carbocycles. The van der Waals surface area contributed by atoms with Crippen LogP contribution in [0.2, 0.25) is 0 Å². The molecule has 4 N–H and O–H groups in total. The molecular weight excluding hydrogens is 391 g/mol. The van der Waals surface area contributed by atoms with Crippen LogP contribution in [-0.4, -0.2) is 26.2 Å². The number of rotatable bonds is 2. The maximum Gasteiger partial charge on any atom is 0.260 e. The summed E-state index contributed by atoms with van der Waals surface area (Å²) in [6.45, 7) is 0.633. The topological polar surface area (TPSA) is 85.8 Å². The molecule has 1 atom stereocenters. The van der Waals surface area contributed by atoms with Crippen LogP contribution in [0.25, 0.3) is 16.6 Å². The largest absolute Gasteiger partial charge is 0.494 e. The third kappa shape index (κ3) is 2.72. The summed E-state index contributed by atoms with van der Waals surface area (Å²) in [7, 11) is 0. The zero-order chi connectivity index (χ0) is 20.1. The minimum absolute atomic E-state index is 0.0696. The van der Waals surface area contributed by atoms with Crippen molar-refractivity contribution < 1.29 is 9.50 Å². The van der Waals surface area contributed by atoms with Gasteiger partial charge >= 0.3 is 0 Å². The quantitative estimate of drug-likeness (QED) is 0.383. The Morgan fingerprint density at radius 3 is 2.69 bits per heavy atom. The van der Waals surface area contributed by atoms with Crippen molar-refractivity contribution in [3.8, 4) is 11.6 Å². The SMILES string of the molecule is O=c1[nH]c(=S)n(-c2ccccc2F)c(O)c1[C@@H]1NCCc2c1[nH]c1ccccc21. The molecule has 0 aliphatic carbocycles. The number of aromatic hydroxyl groups is 1. The number of halogens is 1. The summed E-state index contributed by atoms with van der Waals surface area (Å²) in [4.78, 5) is 18.8. The number of fused-ring (bicyclic) bond motifs is 3. The van der Waals surface area contributed by atoms with Crippen LogP contribution in [0.1, 0.15) is 22.9 Å². The van der Waals surface area contributed by atoms with Gasteiger partial charge < -0.3 is 15.4 Å². The summed E-state index contributed by atoms with van der Waals surface area (Å²) < 4.78 is 15.5. The third-order valence-electron chi connectivity index (χ3n) is 5.36. The fraction of sp³-hybridized carbons (Fsp3) is 0.143. The zero-order valence-electron chi connectivity index (χ0n) is 15.2. The van der Waals surface area contributed by atoms with E-state index in [0.29, 0.717) is 6.54 Å². The molecule has 0 bridgehead atoms. The molecule has 0 spiro atoms. The highest BCUT2D eigenvalue weighted by Crippen LogP contribution is 2.35. The van der Waals surface area contributed by atoms with Gasteiger partial charge in [0.05, 0.1) is 11.7 Å². The van der Waals surface area contributed by atoms with Crippen molar-refractivity contribution in [2.75, 3.05) is 6.54 Å². The summed E-state index contributed by atoms with van der Waals surface area (Å²) in [5, 5.41) is 15.4. The second-order valence-electron chi connectivity index (χ2n) is 6.98. The van der Waals surface area contributed by atoms with Crippen molar-refractivity contribution >= 4 is 23.1 Å². The zero-order valence-corrected chi connectivity index (χ0v) is 16.0. The standard InChI is InChI=1S/C21H17FN4O2S/c22-13-6-2-4-8-15(13)26-20(28)16(19(27)25-21(26)29)18-17-12(9-10-23-18)11-5-1-3-7-14(11)24-17/h1-8,18,23-24,28H,9-10H2,(H,25,27,29)/t18-/m0/s1. The molecule has 0 unspecified atom stereocenters. The Morgan fingerprint density at radius 2 is 1.86 bits per heavy atom. The molecule has 6 nitrogen and oxygen atoms in total. The van der Waals surface area contributed by atoms with Gasteiger partial charge in [-0.25, -0.2) is 4.39 Å². The minimum atomic E-state index is -0.580. The molecule has 8 heteroatoms. The molecule has 146 valence electrons. The van der Waals surface area contributed by atoms with Crippen molar-refractivity contribution in [3.05, 3.63) is 86.3 Å². The van der Waals surface area contributed by atoms with Crippen LogP contribution in [0.5, 0.6) is 5.88 Å². The van der Waals surface area contributed by atoms with Gasteiger partial charge in [-0.1, -0.05) is 30.3 Å². The Hall–Kier alpha value is -3.23. The van der Waals surface area contributed by atoms with Gasteiger partial charge in [-0.2, -0.15) is 0 Å². The summed E-state index contributed by atoms with van der Waals surface area (Å²) in [6, 6.07) is 13.3. The van der Waals surface area contributed by atoms with Crippen molar-refractivity contribution in [1.29, 1.82) is 0 Å². The second kappa shape index (κ2) is 6.68. The number of H-pyrrole nitrogens is 2. The fourth-order valence-electron chi connectivity index (χ4n) is 4.08. The molecule has 5 rings (SSSR count). The van der Waals surface area contributed by atoms with Gasteiger partial charge in [-0.3, -0.25) is 14.3 Å². The number of para-hydroxylation sites is 2. The van der Waals surface area contributed by atoms with E-state index in [4.69, 9.17) is 12.2 Å². The number of nitrogens with one attached hydrogen (secondary N) is 3. The average Bonchev–Trinajstić information content (AvgIpc) is 3.09. The van der Waals surface area contributed by atoms with Gasteiger partial charge in [0, 0.05) is 23.1 Å². The van der Waals surface area contributed by atoms with Gasteiger partial charge in [-0.15, -0.1) is 0 Å². The normalized spacial score (nSPS) is 16.1. The van der Waals surface area contributed by atoms with Crippen molar-refractivity contribution in [2.45, 2.75) is 12.5 Å². The Morgan fingerprint density at radius 1 is 1.10 bits per heavy atom. The first-order valence-corrected chi connectivity index (χ1v) is 9.63. The molecule has 1 aliphatic rings. The van der Waals surface area contributed by atoms with Crippen LogP contribution in [0.4, 0.5) is 4.39 Å². The van der Waals surface area contributed by atoms with E-state index < -0.39 is 17.4 Å². The molecule has 29 heavy (non-hydrogen) atoms. The molecule has 0 radical (unpaired) electrons. The van der Waals surface area contributed by atoms with E-state index >= 15 is 0 Å². The van der Waals surface area contributed by atoms with Crippen LogP contribution in [0.3, 0.4) is 0 Å². The number of hydrogen-bond donors (Lipinski definition) is 4. The Balaban J connectivity index is 1.77. The van der Waals surface area contributed by atoms with Crippen LogP contribution in [0.15, 0.2) is 53.3 Å². The number of benzene rings is 2. The fourth-order valence-corrected chi connectivity index (χ4v) is 4.36. The van der Waals surface area contributed by atoms with E-state index in [9.17, 15) is 14.3 Å². The molecule has 0 saturated heterocycles. The maximum atomic E-state index is 14.4. The van der Waals surface area contributed by atoms with Crippen molar-refractivity contribution in [2.24, 2.45) is 0 Å². The lowest BCUT2D eigenvalue weighted by molar-refractivity contribution is 0.409. The Bertz CT molecular complexity index is 1370. The molecule has 2 aromatic carbocycles. The van der Waals surface area contributed by atoms with E-state index in [1.807, 2.05) is 24.3 Å². The van der Waals surface area contributed by atoms with Crippen LogP contribution in [0, 0.1) is 10.6 Å². The average molecular weight is 408 g/mol. The highest BCUT2D eigenvalue weighted by molar-refractivity contribution is 7.71. The number of nitrogens with zero attached hydrogens (tertiary/aromatic N) is 1. The van der Waals surface area contributed by atoms with Crippen LogP contribution < -0.4 is 10.9 Å². The minimum Gasteiger partial charge on any atom is -0.494 e. The maximum absolute atomic E-state index is 14.4. The van der Waals surface area contributed by atoms with Gasteiger partial charge in [-0.05, 0) is 42.4 Å². The first kappa shape index (κ1) is 17.8.